The van der Waals surface area contributed by atoms with Crippen molar-refractivity contribution in [2.24, 2.45) is 0 Å². The quantitative estimate of drug-likeness (QED) is 0.841. The maximum Gasteiger partial charge on any atom is 0.306 e. The summed E-state index contributed by atoms with van der Waals surface area (Å²) in [5.74, 6) is -0.616. The molecule has 0 aliphatic rings. The third-order valence-electron chi connectivity index (χ3n) is 2.32. The maximum atomic E-state index is 11.7. The molecule has 20 heavy (non-hydrogen) atoms. The van der Waals surface area contributed by atoms with Crippen LogP contribution in [0.5, 0.6) is 0 Å². The van der Waals surface area contributed by atoms with Gasteiger partial charge in [-0.25, -0.2) is 4.98 Å². The normalized spacial score (nSPS) is 11.1. The molecule has 1 heterocycles. The zero-order valence-electron chi connectivity index (χ0n) is 12.5. The molecular weight excluding hydrogens is 260 g/mol. The molecule has 1 aromatic heterocycles. The number of aryl methyl sites for hydroxylation is 2. The summed E-state index contributed by atoms with van der Waals surface area (Å²) >= 11 is 0. The van der Waals surface area contributed by atoms with Gasteiger partial charge in [0.05, 0.1) is 17.8 Å². The van der Waals surface area contributed by atoms with Crippen molar-refractivity contribution in [3.05, 3.63) is 11.4 Å². The van der Waals surface area contributed by atoms with Gasteiger partial charge in [0.2, 0.25) is 11.9 Å². The van der Waals surface area contributed by atoms with Crippen molar-refractivity contribution in [1.82, 2.24) is 15.2 Å². The number of nitrogens with zero attached hydrogens (tertiary/aromatic N) is 3. The Morgan fingerprint density at radius 2 is 1.75 bits per heavy atom. The lowest BCUT2D eigenvalue weighted by Gasteiger charge is -2.19. The van der Waals surface area contributed by atoms with E-state index in [0.717, 1.165) is 0 Å². The van der Waals surface area contributed by atoms with Gasteiger partial charge in [-0.2, -0.15) is 5.10 Å². The van der Waals surface area contributed by atoms with Gasteiger partial charge in [-0.15, -0.1) is 5.10 Å². The molecule has 0 saturated heterocycles. The van der Waals surface area contributed by atoms with Gasteiger partial charge in [0.1, 0.15) is 5.60 Å². The van der Waals surface area contributed by atoms with Crippen molar-refractivity contribution in [2.75, 3.05) is 5.32 Å². The molecule has 0 atom stereocenters. The molecular formula is C13H20N4O3. The molecule has 0 aliphatic carbocycles. The number of ether oxygens (including phenoxy) is 1. The zero-order chi connectivity index (χ0) is 15.3. The molecule has 0 spiro atoms. The largest absolute Gasteiger partial charge is 0.460 e. The molecule has 0 radical (unpaired) electrons. The van der Waals surface area contributed by atoms with E-state index in [9.17, 15) is 9.59 Å². The topological polar surface area (TPSA) is 94.1 Å². The Hall–Kier alpha value is -2.05. The van der Waals surface area contributed by atoms with E-state index in [1.165, 1.54) is 0 Å². The second-order valence-electron chi connectivity index (χ2n) is 5.44. The summed E-state index contributed by atoms with van der Waals surface area (Å²) in [6.45, 7) is 8.89. The predicted octanol–water partition coefficient (Wildman–Crippen LogP) is 1.55. The number of esters is 1. The van der Waals surface area contributed by atoms with E-state index in [4.69, 9.17) is 4.74 Å². The van der Waals surface area contributed by atoms with Crippen LogP contribution >= 0.6 is 0 Å². The first-order valence-corrected chi connectivity index (χ1v) is 6.37. The SMILES string of the molecule is Cc1nnc(NC(=O)CCC(=O)OC(C)(C)C)nc1C. The molecule has 0 aromatic carbocycles. The lowest BCUT2D eigenvalue weighted by molar-refractivity contribution is -0.155. The standard InChI is InChI=1S/C13H20N4O3/c1-8-9(2)16-17-12(14-8)15-10(18)6-7-11(19)20-13(3,4)5/h6-7H2,1-5H3,(H,14,15,17,18). The highest BCUT2D eigenvalue weighted by atomic mass is 16.6. The summed E-state index contributed by atoms with van der Waals surface area (Å²) < 4.78 is 5.11. The van der Waals surface area contributed by atoms with Gasteiger partial charge in [0, 0.05) is 6.42 Å². The molecule has 0 bridgehead atoms. The van der Waals surface area contributed by atoms with Crippen LogP contribution in [0.2, 0.25) is 0 Å². The summed E-state index contributed by atoms with van der Waals surface area (Å²) in [7, 11) is 0. The van der Waals surface area contributed by atoms with Crippen molar-refractivity contribution in [2.45, 2.75) is 53.1 Å². The number of carbonyl (C=O) groups is 2. The number of rotatable bonds is 4. The lowest BCUT2D eigenvalue weighted by atomic mass is 10.2. The first kappa shape index (κ1) is 16.0. The minimum atomic E-state index is -0.547. The van der Waals surface area contributed by atoms with Crippen LogP contribution in [-0.4, -0.2) is 32.7 Å². The van der Waals surface area contributed by atoms with Crippen LogP contribution in [0.25, 0.3) is 0 Å². The average Bonchev–Trinajstić information content (AvgIpc) is 2.29. The first-order chi connectivity index (χ1) is 9.17. The number of nitrogens with one attached hydrogen (secondary N) is 1. The van der Waals surface area contributed by atoms with Crippen LogP contribution in [0.3, 0.4) is 0 Å². The Balaban J connectivity index is 2.44. The second kappa shape index (κ2) is 6.40. The van der Waals surface area contributed by atoms with Crippen LogP contribution in [0.4, 0.5) is 5.95 Å². The summed E-state index contributed by atoms with van der Waals surface area (Å²) in [4.78, 5) is 27.2. The molecule has 1 rings (SSSR count). The molecule has 0 aliphatic heterocycles. The number of aromatic nitrogens is 3. The summed E-state index contributed by atoms with van der Waals surface area (Å²) in [5, 5.41) is 10.1. The van der Waals surface area contributed by atoms with Crippen molar-refractivity contribution < 1.29 is 14.3 Å². The van der Waals surface area contributed by atoms with Crippen LogP contribution < -0.4 is 5.32 Å². The Morgan fingerprint density at radius 1 is 1.10 bits per heavy atom. The minimum absolute atomic E-state index is 0.0153. The monoisotopic (exact) mass is 280 g/mol. The van der Waals surface area contributed by atoms with Gasteiger partial charge in [-0.1, -0.05) is 0 Å². The number of hydrogen-bond donors (Lipinski definition) is 1. The van der Waals surface area contributed by atoms with E-state index in [1.54, 1.807) is 34.6 Å². The number of anilines is 1. The molecule has 0 unspecified atom stereocenters. The number of carbonyl (C=O) groups excluding carboxylic acids is 2. The van der Waals surface area contributed by atoms with Crippen molar-refractivity contribution >= 4 is 17.8 Å². The molecule has 0 fully saturated rings. The van der Waals surface area contributed by atoms with E-state index in [2.05, 4.69) is 20.5 Å². The van der Waals surface area contributed by atoms with Crippen molar-refractivity contribution in [3.8, 4) is 0 Å². The van der Waals surface area contributed by atoms with E-state index < -0.39 is 11.6 Å². The Kier molecular flexibility index (Phi) is 5.12. The summed E-state index contributed by atoms with van der Waals surface area (Å²) in [5.41, 5.74) is 0.855. The fourth-order valence-corrected chi connectivity index (χ4v) is 1.31. The van der Waals surface area contributed by atoms with E-state index in [0.29, 0.717) is 11.4 Å². The highest BCUT2D eigenvalue weighted by Gasteiger charge is 2.17. The Morgan fingerprint density at radius 3 is 2.30 bits per heavy atom. The molecule has 110 valence electrons. The third kappa shape index (κ3) is 5.73. The van der Waals surface area contributed by atoms with E-state index in [-0.39, 0.29) is 24.7 Å². The van der Waals surface area contributed by atoms with Gasteiger partial charge < -0.3 is 4.74 Å². The summed E-state index contributed by atoms with van der Waals surface area (Å²) in [6.07, 6.45) is 0.0343. The molecule has 1 aromatic rings. The molecule has 1 amide bonds. The van der Waals surface area contributed by atoms with Crippen LogP contribution in [-0.2, 0) is 14.3 Å². The minimum Gasteiger partial charge on any atom is -0.460 e. The fourth-order valence-electron chi connectivity index (χ4n) is 1.31. The van der Waals surface area contributed by atoms with Gasteiger partial charge in [-0.05, 0) is 34.6 Å². The maximum absolute atomic E-state index is 11.7. The number of hydrogen-bond acceptors (Lipinski definition) is 6. The molecule has 7 nitrogen and oxygen atoms in total. The van der Waals surface area contributed by atoms with Crippen molar-refractivity contribution in [3.63, 3.8) is 0 Å². The van der Waals surface area contributed by atoms with Gasteiger partial charge in [0.25, 0.3) is 0 Å². The van der Waals surface area contributed by atoms with Crippen LogP contribution in [0.1, 0.15) is 45.0 Å². The smallest absolute Gasteiger partial charge is 0.306 e. The van der Waals surface area contributed by atoms with Crippen LogP contribution in [0, 0.1) is 13.8 Å². The average molecular weight is 280 g/mol. The lowest BCUT2D eigenvalue weighted by Crippen LogP contribution is -2.25. The summed E-state index contributed by atoms with van der Waals surface area (Å²) in [6, 6.07) is 0. The predicted molar refractivity (Wildman–Crippen MR) is 73.0 cm³/mol. The third-order valence-corrected chi connectivity index (χ3v) is 2.32. The fraction of sp³-hybridized carbons (Fsp3) is 0.615. The molecule has 1 N–H and O–H groups in total. The number of amides is 1. The molecule has 7 heteroatoms. The van der Waals surface area contributed by atoms with Gasteiger partial charge >= 0.3 is 5.97 Å². The second-order valence-corrected chi connectivity index (χ2v) is 5.44. The zero-order valence-corrected chi connectivity index (χ0v) is 12.5. The molecule has 0 saturated carbocycles. The first-order valence-electron chi connectivity index (χ1n) is 6.37. The van der Waals surface area contributed by atoms with E-state index >= 15 is 0 Å². The van der Waals surface area contributed by atoms with Crippen LogP contribution in [0.15, 0.2) is 0 Å². The highest BCUT2D eigenvalue weighted by molar-refractivity contribution is 5.91. The van der Waals surface area contributed by atoms with Gasteiger partial charge in [0.15, 0.2) is 0 Å². The van der Waals surface area contributed by atoms with Crippen molar-refractivity contribution in [1.29, 1.82) is 0 Å². The highest BCUT2D eigenvalue weighted by Crippen LogP contribution is 2.09. The van der Waals surface area contributed by atoms with Gasteiger partial charge in [-0.3, -0.25) is 14.9 Å². The van der Waals surface area contributed by atoms with E-state index in [1.807, 2.05) is 0 Å². The Bertz CT molecular complexity index is 509. The Labute approximate surface area is 118 Å².